The Bertz CT molecular complexity index is 1010. The number of aliphatic carboxylic acids is 1. The normalized spacial score (nSPS) is 19.7. The van der Waals surface area contributed by atoms with Gasteiger partial charge in [-0.05, 0) is 37.5 Å². The smallest absolute Gasteiger partial charge is 0.306 e. The number of allylic oxidation sites excluding steroid dienone is 1. The highest BCUT2D eigenvalue weighted by molar-refractivity contribution is 6.42. The third kappa shape index (κ3) is 3.60. The fraction of sp³-hybridized carbons (Fsp3) is 0.350. The van der Waals surface area contributed by atoms with E-state index in [-0.39, 0.29) is 5.91 Å². The minimum Gasteiger partial charge on any atom is -0.481 e. The second-order valence-electron chi connectivity index (χ2n) is 7.31. The molecule has 1 saturated heterocycles. The number of aromatic nitrogens is 2. The Morgan fingerprint density at radius 2 is 1.90 bits per heavy atom. The van der Waals surface area contributed by atoms with E-state index < -0.39 is 17.9 Å². The molecule has 9 heteroatoms. The number of piperidine rings is 1. The lowest BCUT2D eigenvalue weighted by atomic mass is 9.92. The Morgan fingerprint density at radius 3 is 2.55 bits per heavy atom. The maximum atomic E-state index is 13.5. The zero-order valence-electron chi connectivity index (χ0n) is 15.7. The van der Waals surface area contributed by atoms with Gasteiger partial charge in [0.2, 0.25) is 0 Å². The van der Waals surface area contributed by atoms with Crippen molar-refractivity contribution in [1.29, 1.82) is 0 Å². The number of rotatable bonds is 3. The topological polar surface area (TPSA) is 87.5 Å². The van der Waals surface area contributed by atoms with Crippen LogP contribution in [-0.4, -0.2) is 44.8 Å². The molecular weight excluding hydrogens is 415 g/mol. The van der Waals surface area contributed by atoms with Gasteiger partial charge in [0.25, 0.3) is 5.91 Å². The number of nitrogens with zero attached hydrogens (tertiary/aromatic N) is 3. The molecule has 7 nitrogen and oxygen atoms in total. The summed E-state index contributed by atoms with van der Waals surface area (Å²) in [6.45, 7) is 2.68. The number of hydrogen-bond donors (Lipinski definition) is 2. The van der Waals surface area contributed by atoms with Crippen molar-refractivity contribution >= 4 is 40.9 Å². The predicted octanol–water partition coefficient (Wildman–Crippen LogP) is 3.80. The summed E-state index contributed by atoms with van der Waals surface area (Å²) in [5, 5.41) is 17.7. The molecule has 152 valence electrons. The molecule has 1 aromatic carbocycles. The Labute approximate surface area is 177 Å². The number of fused-ring (bicyclic) bond motifs is 1. The quantitative estimate of drug-likeness (QED) is 0.766. The number of carboxylic acid groups (broad SMARTS) is 1. The van der Waals surface area contributed by atoms with Crippen molar-refractivity contribution in [2.75, 3.05) is 18.4 Å². The van der Waals surface area contributed by atoms with Crippen LogP contribution in [-0.2, 0) is 9.59 Å². The van der Waals surface area contributed by atoms with Crippen molar-refractivity contribution in [1.82, 2.24) is 14.7 Å². The molecule has 1 atom stereocenters. The van der Waals surface area contributed by atoms with Gasteiger partial charge in [0.15, 0.2) is 0 Å². The minimum atomic E-state index is -0.804. The highest BCUT2D eigenvalue weighted by Crippen LogP contribution is 2.38. The van der Waals surface area contributed by atoms with Crippen LogP contribution in [0.1, 0.15) is 31.4 Å². The van der Waals surface area contributed by atoms with E-state index in [2.05, 4.69) is 10.4 Å². The lowest BCUT2D eigenvalue weighted by molar-refractivity contribution is -0.145. The molecule has 29 heavy (non-hydrogen) atoms. The third-order valence-corrected chi connectivity index (χ3v) is 6.27. The molecule has 0 aliphatic carbocycles. The maximum Gasteiger partial charge on any atom is 0.306 e. The SMILES string of the molecule is CC1=C(C(=O)N2CCC(C(=O)O)CC2)C(c2ccc(Cl)c(Cl)c2)n2nccc2N1. The van der Waals surface area contributed by atoms with E-state index in [1.54, 1.807) is 27.9 Å². The molecule has 2 aliphatic rings. The number of carboxylic acids is 1. The van der Waals surface area contributed by atoms with Gasteiger partial charge in [-0.2, -0.15) is 5.10 Å². The fourth-order valence-electron chi connectivity index (χ4n) is 3.97. The van der Waals surface area contributed by atoms with Crippen molar-refractivity contribution in [3.63, 3.8) is 0 Å². The summed E-state index contributed by atoms with van der Waals surface area (Å²) in [5.74, 6) is -0.556. The first-order chi connectivity index (χ1) is 13.9. The zero-order valence-corrected chi connectivity index (χ0v) is 17.2. The number of nitrogens with one attached hydrogen (secondary N) is 1. The molecule has 0 spiro atoms. The van der Waals surface area contributed by atoms with Crippen LogP contribution in [0.15, 0.2) is 41.7 Å². The number of amides is 1. The summed E-state index contributed by atoms with van der Waals surface area (Å²) in [5.41, 5.74) is 2.10. The Hall–Kier alpha value is -2.51. The van der Waals surface area contributed by atoms with E-state index in [1.165, 1.54) is 0 Å². The molecule has 4 rings (SSSR count). The summed E-state index contributed by atoms with van der Waals surface area (Å²) >= 11 is 12.3. The summed E-state index contributed by atoms with van der Waals surface area (Å²) in [7, 11) is 0. The van der Waals surface area contributed by atoms with E-state index in [4.69, 9.17) is 23.2 Å². The van der Waals surface area contributed by atoms with Crippen molar-refractivity contribution in [3.05, 3.63) is 57.3 Å². The first-order valence-corrected chi connectivity index (χ1v) is 10.1. The summed E-state index contributed by atoms with van der Waals surface area (Å²) in [6, 6.07) is 6.68. The largest absolute Gasteiger partial charge is 0.481 e. The summed E-state index contributed by atoms with van der Waals surface area (Å²) in [4.78, 5) is 26.4. The van der Waals surface area contributed by atoms with Crippen molar-refractivity contribution < 1.29 is 14.7 Å². The van der Waals surface area contributed by atoms with Gasteiger partial charge in [-0.15, -0.1) is 0 Å². The van der Waals surface area contributed by atoms with Gasteiger partial charge >= 0.3 is 5.97 Å². The number of hydrogen-bond acceptors (Lipinski definition) is 4. The van der Waals surface area contributed by atoms with Crippen LogP contribution >= 0.6 is 23.2 Å². The van der Waals surface area contributed by atoms with Gasteiger partial charge in [-0.1, -0.05) is 29.3 Å². The summed E-state index contributed by atoms with van der Waals surface area (Å²) < 4.78 is 1.75. The number of halogens is 2. The van der Waals surface area contributed by atoms with Gasteiger partial charge < -0.3 is 15.3 Å². The highest BCUT2D eigenvalue weighted by Gasteiger charge is 2.36. The van der Waals surface area contributed by atoms with Crippen LogP contribution in [0.3, 0.4) is 0 Å². The number of anilines is 1. The maximum absolute atomic E-state index is 13.5. The number of carbonyl (C=O) groups excluding carboxylic acids is 1. The van der Waals surface area contributed by atoms with Gasteiger partial charge in [-0.3, -0.25) is 9.59 Å². The second kappa shape index (κ2) is 7.72. The Kier molecular flexibility index (Phi) is 5.27. The van der Waals surface area contributed by atoms with E-state index in [0.717, 1.165) is 17.1 Å². The van der Waals surface area contributed by atoms with E-state index in [0.29, 0.717) is 41.5 Å². The van der Waals surface area contributed by atoms with Gasteiger partial charge in [0.1, 0.15) is 11.9 Å². The number of benzene rings is 1. The standard InChI is InChI=1S/C20H20Cl2N4O3/c1-11-17(19(27)25-8-5-12(6-9-25)20(28)29)18(26-16(24-11)4-7-23-26)13-2-3-14(21)15(22)10-13/h2-4,7,10,12,18,24H,5-6,8-9H2,1H3,(H,28,29). The van der Waals surface area contributed by atoms with Crippen molar-refractivity contribution in [2.24, 2.45) is 5.92 Å². The zero-order chi connectivity index (χ0) is 20.7. The molecule has 2 N–H and O–H groups in total. The molecule has 3 heterocycles. The van der Waals surface area contributed by atoms with Crippen LogP contribution < -0.4 is 5.32 Å². The van der Waals surface area contributed by atoms with Crippen LogP contribution in [0.5, 0.6) is 0 Å². The van der Waals surface area contributed by atoms with Crippen molar-refractivity contribution in [3.8, 4) is 0 Å². The number of likely N-dealkylation sites (tertiary alicyclic amines) is 1. The molecular formula is C20H20Cl2N4O3. The molecule has 0 radical (unpaired) electrons. The van der Waals surface area contributed by atoms with Crippen LogP contribution in [0.2, 0.25) is 10.0 Å². The highest BCUT2D eigenvalue weighted by atomic mass is 35.5. The van der Waals surface area contributed by atoms with Crippen LogP contribution in [0, 0.1) is 5.92 Å². The minimum absolute atomic E-state index is 0.129. The first-order valence-electron chi connectivity index (χ1n) is 9.35. The van der Waals surface area contributed by atoms with Gasteiger partial charge in [0, 0.05) is 24.9 Å². The molecule has 2 aliphatic heterocycles. The van der Waals surface area contributed by atoms with E-state index in [9.17, 15) is 14.7 Å². The molecule has 2 aromatic rings. The molecule has 0 bridgehead atoms. The van der Waals surface area contributed by atoms with Crippen LogP contribution in [0.25, 0.3) is 0 Å². The fourth-order valence-corrected chi connectivity index (χ4v) is 4.28. The lowest BCUT2D eigenvalue weighted by Gasteiger charge is -2.35. The van der Waals surface area contributed by atoms with E-state index >= 15 is 0 Å². The lowest BCUT2D eigenvalue weighted by Crippen LogP contribution is -2.43. The Morgan fingerprint density at radius 1 is 1.17 bits per heavy atom. The molecule has 1 fully saturated rings. The van der Waals surface area contributed by atoms with Gasteiger partial charge in [0.05, 0.1) is 27.7 Å². The summed E-state index contributed by atoms with van der Waals surface area (Å²) in [6.07, 6.45) is 2.57. The molecule has 0 saturated carbocycles. The molecule has 1 unspecified atom stereocenters. The molecule has 1 aromatic heterocycles. The Balaban J connectivity index is 1.71. The van der Waals surface area contributed by atoms with Gasteiger partial charge in [-0.25, -0.2) is 4.68 Å². The van der Waals surface area contributed by atoms with Crippen molar-refractivity contribution in [2.45, 2.75) is 25.8 Å². The monoisotopic (exact) mass is 434 g/mol. The predicted molar refractivity (Wildman–Crippen MR) is 110 cm³/mol. The first kappa shape index (κ1) is 19.8. The number of carbonyl (C=O) groups is 2. The van der Waals surface area contributed by atoms with E-state index in [1.807, 2.05) is 19.1 Å². The molecule has 1 amide bonds. The second-order valence-corrected chi connectivity index (χ2v) is 8.12. The average Bonchev–Trinajstić information content (AvgIpc) is 3.16. The third-order valence-electron chi connectivity index (χ3n) is 5.53. The van der Waals surface area contributed by atoms with Crippen LogP contribution in [0.4, 0.5) is 5.82 Å². The average molecular weight is 435 g/mol.